The van der Waals surface area contributed by atoms with Crippen LogP contribution in [-0.2, 0) is 9.59 Å². The molecule has 6 N–H and O–H groups in total. The number of amides is 4. The Morgan fingerprint density at radius 1 is 0.571 bits per heavy atom. The Kier molecular flexibility index (Phi) is 14.3. The SMILES string of the molecule is CCCNc1nc(C(=O)NCCNC(=O)CC2CCCC2)c(NCCC)nc1C(=O)NCCNC(=O)CC1CCCC1. The molecule has 0 aliphatic heterocycles. The standard InChI is InChI=1S/C30H50N8O4/c1-3-13-33-27-25(29(41)35-17-15-31-23(39)19-21-9-5-6-10-21)38-28(34-14-4-2)26(37-27)30(42)36-18-16-32-24(40)20-22-11-7-8-12-22/h21-22H,3-20H2,1-2H3,(H,31,39)(H,32,40)(H,33,37)(H,34,38)(H,35,41)(H,36,42). The van der Waals surface area contributed by atoms with E-state index in [1.165, 1.54) is 25.7 Å². The monoisotopic (exact) mass is 586 g/mol. The van der Waals surface area contributed by atoms with Gasteiger partial charge in [-0.3, -0.25) is 19.2 Å². The van der Waals surface area contributed by atoms with E-state index in [-0.39, 0.29) is 47.9 Å². The Balaban J connectivity index is 1.58. The minimum atomic E-state index is -0.442. The lowest BCUT2D eigenvalue weighted by Gasteiger charge is -2.16. The molecule has 0 aromatic carbocycles. The van der Waals surface area contributed by atoms with Gasteiger partial charge in [0.2, 0.25) is 11.8 Å². The molecule has 0 saturated heterocycles. The average Bonchev–Trinajstić information content (AvgIpc) is 3.69. The number of anilines is 2. The van der Waals surface area contributed by atoms with Gasteiger partial charge < -0.3 is 31.9 Å². The molecule has 2 aliphatic carbocycles. The highest BCUT2D eigenvalue weighted by Gasteiger charge is 2.24. The van der Waals surface area contributed by atoms with E-state index in [0.717, 1.165) is 38.5 Å². The van der Waals surface area contributed by atoms with Crippen molar-refractivity contribution in [2.75, 3.05) is 49.9 Å². The van der Waals surface area contributed by atoms with Crippen LogP contribution in [0.1, 0.15) is 112 Å². The van der Waals surface area contributed by atoms with Crippen LogP contribution in [0.25, 0.3) is 0 Å². The molecule has 3 rings (SSSR count). The third-order valence-corrected chi connectivity index (χ3v) is 7.77. The normalized spacial score (nSPS) is 15.3. The second-order valence-corrected chi connectivity index (χ2v) is 11.4. The number of nitrogens with one attached hydrogen (secondary N) is 6. The first-order chi connectivity index (χ1) is 20.4. The molecule has 12 heteroatoms. The van der Waals surface area contributed by atoms with Crippen molar-refractivity contribution in [1.29, 1.82) is 0 Å². The van der Waals surface area contributed by atoms with E-state index in [2.05, 4.69) is 41.9 Å². The lowest BCUT2D eigenvalue weighted by atomic mass is 10.0. The minimum Gasteiger partial charge on any atom is -0.368 e. The van der Waals surface area contributed by atoms with Gasteiger partial charge in [0.25, 0.3) is 11.8 Å². The largest absolute Gasteiger partial charge is 0.368 e. The van der Waals surface area contributed by atoms with Gasteiger partial charge in [0.05, 0.1) is 0 Å². The van der Waals surface area contributed by atoms with Gasteiger partial charge in [0, 0.05) is 52.1 Å². The molecular weight excluding hydrogens is 536 g/mol. The van der Waals surface area contributed by atoms with Gasteiger partial charge in [-0.1, -0.05) is 39.5 Å². The van der Waals surface area contributed by atoms with E-state index >= 15 is 0 Å². The van der Waals surface area contributed by atoms with Crippen LogP contribution in [0, 0.1) is 11.8 Å². The molecule has 42 heavy (non-hydrogen) atoms. The van der Waals surface area contributed by atoms with Gasteiger partial charge in [-0.2, -0.15) is 0 Å². The third kappa shape index (κ3) is 11.1. The van der Waals surface area contributed by atoms with E-state index in [9.17, 15) is 19.2 Å². The zero-order chi connectivity index (χ0) is 30.2. The summed E-state index contributed by atoms with van der Waals surface area (Å²) in [6.45, 7) is 6.19. The molecular formula is C30H50N8O4. The maximum absolute atomic E-state index is 13.1. The van der Waals surface area contributed by atoms with Crippen LogP contribution in [0.15, 0.2) is 0 Å². The summed E-state index contributed by atoms with van der Waals surface area (Å²) in [4.78, 5) is 59.7. The number of nitrogens with zero attached hydrogens (tertiary/aromatic N) is 2. The smallest absolute Gasteiger partial charge is 0.273 e. The minimum absolute atomic E-state index is 0.0102. The molecule has 0 bridgehead atoms. The predicted molar refractivity (Wildman–Crippen MR) is 163 cm³/mol. The van der Waals surface area contributed by atoms with Crippen LogP contribution in [-0.4, -0.2) is 72.9 Å². The van der Waals surface area contributed by atoms with E-state index in [0.29, 0.717) is 50.9 Å². The van der Waals surface area contributed by atoms with Crippen LogP contribution in [0.4, 0.5) is 11.6 Å². The molecule has 234 valence electrons. The summed E-state index contributed by atoms with van der Waals surface area (Å²) < 4.78 is 0. The molecule has 0 spiro atoms. The summed E-state index contributed by atoms with van der Waals surface area (Å²) in [5, 5.41) is 17.6. The zero-order valence-corrected chi connectivity index (χ0v) is 25.4. The fraction of sp³-hybridized carbons (Fsp3) is 0.733. The van der Waals surface area contributed by atoms with Crippen LogP contribution < -0.4 is 31.9 Å². The Hall–Kier alpha value is -3.44. The highest BCUT2D eigenvalue weighted by atomic mass is 16.2. The van der Waals surface area contributed by atoms with E-state index in [1.807, 2.05) is 13.8 Å². The first kappa shape index (κ1) is 33.1. The van der Waals surface area contributed by atoms with Gasteiger partial charge >= 0.3 is 0 Å². The number of hydrogen-bond donors (Lipinski definition) is 6. The Bertz CT molecular complexity index is 957. The third-order valence-electron chi connectivity index (χ3n) is 7.77. The molecule has 0 unspecified atom stereocenters. The van der Waals surface area contributed by atoms with Crippen molar-refractivity contribution in [2.24, 2.45) is 11.8 Å². The molecule has 2 saturated carbocycles. The van der Waals surface area contributed by atoms with Crippen molar-refractivity contribution >= 4 is 35.3 Å². The van der Waals surface area contributed by atoms with Crippen LogP contribution in [0.5, 0.6) is 0 Å². The summed E-state index contributed by atoms with van der Waals surface area (Å²) in [5.41, 5.74) is 0.158. The number of carbonyl (C=O) groups is 4. The molecule has 1 aromatic heterocycles. The average molecular weight is 587 g/mol. The maximum atomic E-state index is 13.1. The molecule has 4 amide bonds. The zero-order valence-electron chi connectivity index (χ0n) is 25.4. The van der Waals surface area contributed by atoms with Gasteiger partial charge in [0.1, 0.15) is 0 Å². The second-order valence-electron chi connectivity index (χ2n) is 11.4. The molecule has 1 aromatic rings. The highest BCUT2D eigenvalue weighted by Crippen LogP contribution is 2.28. The quantitative estimate of drug-likeness (QED) is 0.143. The Morgan fingerprint density at radius 3 is 1.29 bits per heavy atom. The van der Waals surface area contributed by atoms with Crippen molar-refractivity contribution in [1.82, 2.24) is 31.2 Å². The fourth-order valence-electron chi connectivity index (χ4n) is 5.51. The summed E-state index contributed by atoms with van der Waals surface area (Å²) >= 11 is 0. The highest BCUT2D eigenvalue weighted by molar-refractivity contribution is 6.01. The molecule has 1 heterocycles. The van der Waals surface area contributed by atoms with Gasteiger partial charge in [-0.05, 0) is 50.4 Å². The first-order valence-corrected chi connectivity index (χ1v) is 15.9. The lowest BCUT2D eigenvalue weighted by molar-refractivity contribution is -0.122. The summed E-state index contributed by atoms with van der Waals surface area (Å²) in [6.07, 6.45) is 11.8. The second kappa shape index (κ2) is 18.2. The predicted octanol–water partition coefficient (Wildman–Crippen LogP) is 2.97. The first-order valence-electron chi connectivity index (χ1n) is 15.9. The molecule has 12 nitrogen and oxygen atoms in total. The van der Waals surface area contributed by atoms with Crippen molar-refractivity contribution in [2.45, 2.75) is 90.9 Å². The van der Waals surface area contributed by atoms with Gasteiger partial charge in [0.15, 0.2) is 23.0 Å². The number of carbonyl (C=O) groups excluding carboxylic acids is 4. The van der Waals surface area contributed by atoms with E-state index < -0.39 is 11.8 Å². The van der Waals surface area contributed by atoms with Crippen LogP contribution in [0.2, 0.25) is 0 Å². The molecule has 0 radical (unpaired) electrons. The lowest BCUT2D eigenvalue weighted by Crippen LogP contribution is -2.37. The molecule has 0 atom stereocenters. The van der Waals surface area contributed by atoms with Gasteiger partial charge in [-0.25, -0.2) is 9.97 Å². The van der Waals surface area contributed by atoms with Crippen LogP contribution in [0.3, 0.4) is 0 Å². The Morgan fingerprint density at radius 2 is 0.929 bits per heavy atom. The molecule has 2 fully saturated rings. The van der Waals surface area contributed by atoms with E-state index in [1.54, 1.807) is 0 Å². The Labute approximate surface area is 249 Å². The van der Waals surface area contributed by atoms with Gasteiger partial charge in [-0.15, -0.1) is 0 Å². The van der Waals surface area contributed by atoms with Crippen molar-refractivity contribution in [3.8, 4) is 0 Å². The fourth-order valence-corrected chi connectivity index (χ4v) is 5.51. The number of hydrogen-bond acceptors (Lipinski definition) is 8. The van der Waals surface area contributed by atoms with E-state index in [4.69, 9.17) is 0 Å². The maximum Gasteiger partial charge on any atom is 0.273 e. The molecule has 2 aliphatic rings. The summed E-state index contributed by atoms with van der Waals surface area (Å²) in [7, 11) is 0. The van der Waals surface area contributed by atoms with Crippen molar-refractivity contribution in [3.05, 3.63) is 11.4 Å². The summed E-state index contributed by atoms with van der Waals surface area (Å²) in [6, 6.07) is 0. The topological polar surface area (TPSA) is 166 Å². The van der Waals surface area contributed by atoms with Crippen LogP contribution >= 0.6 is 0 Å². The van der Waals surface area contributed by atoms with Crippen molar-refractivity contribution in [3.63, 3.8) is 0 Å². The van der Waals surface area contributed by atoms with Crippen molar-refractivity contribution < 1.29 is 19.2 Å². The number of aromatic nitrogens is 2. The number of rotatable bonds is 18. The summed E-state index contributed by atoms with van der Waals surface area (Å²) in [5.74, 6) is 0.505.